The third kappa shape index (κ3) is 3.02. The molecule has 0 saturated carbocycles. The van der Waals surface area contributed by atoms with Crippen molar-refractivity contribution in [1.82, 2.24) is 4.90 Å². The molecule has 3 rings (SSSR count). The van der Waals surface area contributed by atoms with Crippen LogP contribution in [0.25, 0.3) is 0 Å². The smallest absolute Gasteiger partial charge is 0.262 e. The van der Waals surface area contributed by atoms with Gasteiger partial charge in [-0.15, -0.1) is 0 Å². The van der Waals surface area contributed by atoms with Crippen molar-refractivity contribution >= 4 is 21.7 Å². The Morgan fingerprint density at radius 1 is 1.00 bits per heavy atom. The number of carbonyl (C=O) groups is 2. The number of benzene rings is 2. The minimum absolute atomic E-state index is 0.0472. The van der Waals surface area contributed by atoms with Crippen molar-refractivity contribution in [3.05, 3.63) is 65.2 Å². The number of sulfone groups is 1. The number of rotatable bonds is 5. The molecule has 6 nitrogen and oxygen atoms in total. The highest BCUT2D eigenvalue weighted by atomic mass is 32.2. The van der Waals surface area contributed by atoms with Crippen LogP contribution in [0.1, 0.15) is 32.4 Å². The van der Waals surface area contributed by atoms with Crippen molar-refractivity contribution in [3.63, 3.8) is 0 Å². The second kappa shape index (κ2) is 6.62. The number of nitrogens with zero attached hydrogens (tertiary/aromatic N) is 1. The highest BCUT2D eigenvalue weighted by Gasteiger charge is 2.42. The second-order valence-electron chi connectivity index (χ2n) is 6.03. The van der Waals surface area contributed by atoms with Crippen LogP contribution in [0.5, 0.6) is 0 Å². The van der Waals surface area contributed by atoms with Crippen molar-refractivity contribution < 1.29 is 27.5 Å². The monoisotopic (exact) mass is 377 g/mol. The zero-order chi connectivity index (χ0) is 19.1. The molecule has 136 valence electrons. The molecule has 0 saturated heterocycles. The van der Waals surface area contributed by atoms with Gasteiger partial charge in [-0.1, -0.05) is 24.3 Å². The Morgan fingerprint density at radius 2 is 1.50 bits per heavy atom. The van der Waals surface area contributed by atoms with Crippen molar-refractivity contribution in [3.8, 4) is 0 Å². The van der Waals surface area contributed by atoms with E-state index in [1.54, 1.807) is 12.1 Å². The standard InChI is InChI=1S/C18H16FNO5S/c1-26(24,25)12-8-6-11(7-9-12)16(21)15(10-19)20-17(22)13-4-2-3-5-14(13)18(20)23/h2-9,15-16,21H,10H2,1H3. The summed E-state index contributed by atoms with van der Waals surface area (Å²) in [5, 5.41) is 10.5. The van der Waals surface area contributed by atoms with E-state index in [2.05, 4.69) is 0 Å². The molecule has 26 heavy (non-hydrogen) atoms. The topological polar surface area (TPSA) is 91.8 Å². The number of hydrogen-bond donors (Lipinski definition) is 1. The Bertz CT molecular complexity index is 936. The third-order valence-corrected chi connectivity index (χ3v) is 5.46. The first-order valence-electron chi connectivity index (χ1n) is 7.76. The number of carbonyl (C=O) groups excluding carboxylic acids is 2. The number of hydrogen-bond acceptors (Lipinski definition) is 5. The number of halogens is 1. The minimum atomic E-state index is -3.41. The van der Waals surface area contributed by atoms with Crippen LogP contribution in [0.3, 0.4) is 0 Å². The van der Waals surface area contributed by atoms with E-state index < -0.39 is 40.5 Å². The van der Waals surface area contributed by atoms with Crippen molar-refractivity contribution in [1.29, 1.82) is 0 Å². The van der Waals surface area contributed by atoms with Crippen LogP contribution in [0.15, 0.2) is 53.4 Å². The molecule has 0 bridgehead atoms. The van der Waals surface area contributed by atoms with Gasteiger partial charge in [-0.25, -0.2) is 12.8 Å². The second-order valence-corrected chi connectivity index (χ2v) is 8.05. The van der Waals surface area contributed by atoms with E-state index in [0.29, 0.717) is 0 Å². The zero-order valence-electron chi connectivity index (χ0n) is 13.8. The summed E-state index contributed by atoms with van der Waals surface area (Å²) in [6.07, 6.45) is -0.447. The zero-order valence-corrected chi connectivity index (χ0v) is 14.6. The van der Waals surface area contributed by atoms with Crippen molar-refractivity contribution in [2.24, 2.45) is 0 Å². The van der Waals surface area contributed by atoms with Gasteiger partial charge in [-0.3, -0.25) is 14.5 Å². The van der Waals surface area contributed by atoms with E-state index in [4.69, 9.17) is 0 Å². The van der Waals surface area contributed by atoms with Gasteiger partial charge in [0.25, 0.3) is 11.8 Å². The van der Waals surface area contributed by atoms with Crippen LogP contribution in [0.4, 0.5) is 4.39 Å². The minimum Gasteiger partial charge on any atom is -0.386 e. The van der Waals surface area contributed by atoms with Gasteiger partial charge < -0.3 is 5.11 Å². The molecule has 0 spiro atoms. The highest BCUT2D eigenvalue weighted by molar-refractivity contribution is 7.90. The van der Waals surface area contributed by atoms with E-state index in [-0.39, 0.29) is 21.6 Å². The van der Waals surface area contributed by atoms with Gasteiger partial charge in [-0.2, -0.15) is 0 Å². The third-order valence-electron chi connectivity index (χ3n) is 4.33. The molecule has 1 heterocycles. The summed E-state index contributed by atoms with van der Waals surface area (Å²) in [4.78, 5) is 25.7. The Balaban J connectivity index is 1.92. The number of alkyl halides is 1. The number of aliphatic hydroxyl groups excluding tert-OH is 1. The molecular weight excluding hydrogens is 361 g/mol. The number of imide groups is 1. The first-order chi connectivity index (χ1) is 12.3. The van der Waals surface area contributed by atoms with Crippen molar-refractivity contribution in [2.45, 2.75) is 17.0 Å². The van der Waals surface area contributed by atoms with Gasteiger partial charge in [0.15, 0.2) is 9.84 Å². The molecule has 0 radical (unpaired) electrons. The molecule has 0 aliphatic carbocycles. The van der Waals surface area contributed by atoms with Gasteiger partial charge in [0.05, 0.1) is 22.1 Å². The maximum absolute atomic E-state index is 13.7. The van der Waals surface area contributed by atoms with Crippen LogP contribution in [0, 0.1) is 0 Å². The molecule has 1 aliphatic rings. The summed E-state index contributed by atoms with van der Waals surface area (Å²) >= 11 is 0. The molecule has 2 aromatic carbocycles. The fourth-order valence-electron chi connectivity index (χ4n) is 2.94. The summed E-state index contributed by atoms with van der Waals surface area (Å²) in [7, 11) is -3.41. The van der Waals surface area contributed by atoms with E-state index in [1.807, 2.05) is 0 Å². The molecule has 8 heteroatoms. The quantitative estimate of drug-likeness (QED) is 0.802. The number of fused-ring (bicyclic) bond motifs is 1. The Hall–Kier alpha value is -2.58. The van der Waals surface area contributed by atoms with E-state index in [0.717, 1.165) is 11.2 Å². The van der Waals surface area contributed by atoms with Gasteiger partial charge in [-0.05, 0) is 29.8 Å². The number of aliphatic hydroxyl groups is 1. The van der Waals surface area contributed by atoms with E-state index >= 15 is 0 Å². The average Bonchev–Trinajstić information content (AvgIpc) is 2.87. The Labute approximate surface area is 149 Å². The van der Waals surface area contributed by atoms with Crippen LogP contribution in [-0.4, -0.2) is 49.2 Å². The highest BCUT2D eigenvalue weighted by Crippen LogP contribution is 2.30. The lowest BCUT2D eigenvalue weighted by atomic mass is 10.0. The molecule has 1 aliphatic heterocycles. The van der Waals surface area contributed by atoms with Gasteiger partial charge in [0.2, 0.25) is 0 Å². The lowest BCUT2D eigenvalue weighted by Gasteiger charge is -2.28. The molecule has 2 unspecified atom stereocenters. The summed E-state index contributed by atoms with van der Waals surface area (Å²) < 4.78 is 36.7. The molecule has 2 amide bonds. The average molecular weight is 377 g/mol. The maximum Gasteiger partial charge on any atom is 0.262 e. The summed E-state index contributed by atoms with van der Waals surface area (Å²) in [5.41, 5.74) is 0.530. The molecular formula is C18H16FNO5S. The lowest BCUT2D eigenvalue weighted by molar-refractivity contribution is 0.0273. The van der Waals surface area contributed by atoms with Crippen molar-refractivity contribution in [2.75, 3.05) is 12.9 Å². The van der Waals surface area contributed by atoms with Crippen LogP contribution < -0.4 is 0 Å². The molecule has 0 fully saturated rings. The van der Waals surface area contributed by atoms with E-state index in [1.165, 1.54) is 36.4 Å². The van der Waals surface area contributed by atoms with Gasteiger partial charge in [0, 0.05) is 6.26 Å². The number of amides is 2. The summed E-state index contributed by atoms with van der Waals surface area (Å²) in [5.74, 6) is -1.33. The molecule has 1 N–H and O–H groups in total. The molecule has 0 aromatic heterocycles. The normalized spacial score (nSPS) is 16.5. The molecule has 2 aromatic rings. The molecule has 2 atom stereocenters. The van der Waals surface area contributed by atoms with Crippen LogP contribution in [0.2, 0.25) is 0 Å². The van der Waals surface area contributed by atoms with Gasteiger partial charge in [0.1, 0.15) is 12.8 Å². The Morgan fingerprint density at radius 3 is 1.92 bits per heavy atom. The fraction of sp³-hybridized carbons (Fsp3) is 0.222. The SMILES string of the molecule is CS(=O)(=O)c1ccc(C(O)C(CF)N2C(=O)c3ccccc3C2=O)cc1. The van der Waals surface area contributed by atoms with Gasteiger partial charge >= 0.3 is 0 Å². The first-order valence-corrected chi connectivity index (χ1v) is 9.66. The lowest BCUT2D eigenvalue weighted by Crippen LogP contribution is -2.45. The van der Waals surface area contributed by atoms with E-state index in [9.17, 15) is 27.5 Å². The Kier molecular flexibility index (Phi) is 4.64. The fourth-order valence-corrected chi connectivity index (χ4v) is 3.57. The van der Waals surface area contributed by atoms with Crippen LogP contribution >= 0.6 is 0 Å². The summed E-state index contributed by atoms with van der Waals surface area (Å²) in [6.45, 7) is -1.14. The first kappa shape index (κ1) is 18.2. The maximum atomic E-state index is 13.7. The largest absolute Gasteiger partial charge is 0.386 e. The predicted octanol–water partition coefficient (Wildman–Crippen LogP) is 1.76. The summed E-state index contributed by atoms with van der Waals surface area (Å²) in [6, 6.07) is 9.96. The van der Waals surface area contributed by atoms with Crippen LogP contribution in [-0.2, 0) is 9.84 Å². The predicted molar refractivity (Wildman–Crippen MR) is 91.2 cm³/mol.